The van der Waals surface area contributed by atoms with Gasteiger partial charge in [0.2, 0.25) is 8.46 Å². The van der Waals surface area contributed by atoms with Crippen LogP contribution in [0, 0.1) is 0 Å². The fourth-order valence-electron chi connectivity index (χ4n) is 1.11. The van der Waals surface area contributed by atoms with Gasteiger partial charge >= 0.3 is 0 Å². The number of hydrogen-bond acceptors (Lipinski definition) is 2. The fourth-order valence-corrected chi connectivity index (χ4v) is 1.39. The molecule has 0 aliphatic carbocycles. The van der Waals surface area contributed by atoms with Gasteiger partial charge in [-0.05, 0) is 12.1 Å². The van der Waals surface area contributed by atoms with Crippen molar-refractivity contribution in [3.63, 3.8) is 0 Å². The normalized spacial score (nSPS) is 9.85. The largest absolute Gasteiger partial charge is 0.268 e. The number of halogens is 1. The minimum Gasteiger partial charge on any atom is -0.268 e. The van der Waals surface area contributed by atoms with Crippen molar-refractivity contribution in [1.29, 1.82) is 0 Å². The summed E-state index contributed by atoms with van der Waals surface area (Å²) in [6.07, 6.45) is 0. The van der Waals surface area contributed by atoms with Gasteiger partial charge in [0, 0.05) is 5.39 Å². The predicted molar refractivity (Wildman–Crippen MR) is 56.2 cm³/mol. The van der Waals surface area contributed by atoms with Crippen molar-refractivity contribution >= 4 is 37.2 Å². The lowest BCUT2D eigenvalue weighted by atomic mass is 10.2. The SMILES string of the molecule is Cl.O=Pc1ccc2ccccc2n1. The number of pyridine rings is 1. The van der Waals surface area contributed by atoms with Crippen LogP contribution in [0.3, 0.4) is 0 Å². The van der Waals surface area contributed by atoms with E-state index in [1.165, 1.54) is 0 Å². The summed E-state index contributed by atoms with van der Waals surface area (Å²) in [6, 6.07) is 11.4. The molecular weight excluding hydrogens is 205 g/mol. The number of aromatic nitrogens is 1. The van der Waals surface area contributed by atoms with Gasteiger partial charge in [0.05, 0.1) is 5.52 Å². The van der Waals surface area contributed by atoms with Gasteiger partial charge in [-0.3, -0.25) is 4.57 Å². The van der Waals surface area contributed by atoms with E-state index < -0.39 is 0 Å². The number of hydrogen-bond donors (Lipinski definition) is 0. The fraction of sp³-hybridized carbons (Fsp3) is 0. The standard InChI is InChI=1S/C9H6NOP.ClH/c11-12-9-6-5-7-3-1-2-4-8(7)10-9;/h1-6H;1H. The molecule has 2 nitrogen and oxygen atoms in total. The van der Waals surface area contributed by atoms with Crippen molar-refractivity contribution in [2.75, 3.05) is 0 Å². The molecule has 0 aliphatic heterocycles. The Morgan fingerprint density at radius 2 is 1.85 bits per heavy atom. The van der Waals surface area contributed by atoms with Crippen LogP contribution in [-0.4, -0.2) is 4.98 Å². The maximum atomic E-state index is 10.5. The molecule has 2 aromatic rings. The van der Waals surface area contributed by atoms with E-state index in [1.54, 1.807) is 6.07 Å². The molecule has 4 heteroatoms. The minimum atomic E-state index is -0.0226. The van der Waals surface area contributed by atoms with Crippen LogP contribution in [-0.2, 0) is 4.57 Å². The number of nitrogens with zero attached hydrogens (tertiary/aromatic N) is 1. The van der Waals surface area contributed by atoms with E-state index in [1.807, 2.05) is 30.3 Å². The Labute approximate surface area is 83.6 Å². The van der Waals surface area contributed by atoms with Gasteiger partial charge < -0.3 is 0 Å². The van der Waals surface area contributed by atoms with E-state index in [0.29, 0.717) is 5.44 Å². The van der Waals surface area contributed by atoms with Gasteiger partial charge in [0.15, 0.2) is 0 Å². The number of fused-ring (bicyclic) bond motifs is 1. The first-order chi connectivity index (χ1) is 5.90. The predicted octanol–water partition coefficient (Wildman–Crippen LogP) is 2.57. The quantitative estimate of drug-likeness (QED) is 0.679. The van der Waals surface area contributed by atoms with Crippen LogP contribution >= 0.6 is 20.9 Å². The van der Waals surface area contributed by atoms with E-state index >= 15 is 0 Å². The molecule has 0 bridgehead atoms. The summed E-state index contributed by atoms with van der Waals surface area (Å²) in [5.74, 6) is 0. The van der Waals surface area contributed by atoms with Crippen molar-refractivity contribution in [2.24, 2.45) is 0 Å². The van der Waals surface area contributed by atoms with Crippen LogP contribution in [0.4, 0.5) is 0 Å². The monoisotopic (exact) mass is 211 g/mol. The van der Waals surface area contributed by atoms with Gasteiger partial charge in [-0.2, -0.15) is 0 Å². The molecular formula is C9H7ClNOP. The van der Waals surface area contributed by atoms with Crippen LogP contribution < -0.4 is 5.44 Å². The van der Waals surface area contributed by atoms with Crippen LogP contribution in [0.5, 0.6) is 0 Å². The van der Waals surface area contributed by atoms with Crippen LogP contribution in [0.25, 0.3) is 10.9 Å². The molecule has 0 aliphatic rings. The summed E-state index contributed by atoms with van der Waals surface area (Å²) in [4.78, 5) is 4.17. The van der Waals surface area contributed by atoms with E-state index in [2.05, 4.69) is 4.98 Å². The molecule has 0 amide bonds. The molecule has 2 rings (SSSR count). The smallest absolute Gasteiger partial charge is 0.212 e. The molecule has 66 valence electrons. The molecule has 0 saturated heterocycles. The summed E-state index contributed by atoms with van der Waals surface area (Å²) in [7, 11) is -0.0226. The average Bonchev–Trinajstić information content (AvgIpc) is 2.17. The van der Waals surface area contributed by atoms with Gasteiger partial charge in [-0.1, -0.05) is 24.3 Å². The first kappa shape index (κ1) is 10.1. The topological polar surface area (TPSA) is 30.0 Å². The highest BCUT2D eigenvalue weighted by Crippen LogP contribution is 2.09. The molecule has 0 saturated carbocycles. The van der Waals surface area contributed by atoms with Crippen LogP contribution in [0.2, 0.25) is 0 Å². The highest BCUT2D eigenvalue weighted by molar-refractivity contribution is 7.33. The minimum absolute atomic E-state index is 0. The van der Waals surface area contributed by atoms with Crippen molar-refractivity contribution in [3.8, 4) is 0 Å². The Morgan fingerprint density at radius 1 is 1.08 bits per heavy atom. The average molecular weight is 212 g/mol. The van der Waals surface area contributed by atoms with E-state index in [0.717, 1.165) is 10.9 Å². The third-order valence-electron chi connectivity index (χ3n) is 1.68. The molecule has 0 spiro atoms. The molecule has 0 atom stereocenters. The molecule has 13 heavy (non-hydrogen) atoms. The Kier molecular flexibility index (Phi) is 3.35. The van der Waals surface area contributed by atoms with E-state index in [4.69, 9.17) is 0 Å². The number of para-hydroxylation sites is 1. The Bertz CT molecular complexity index is 433. The zero-order chi connectivity index (χ0) is 8.39. The summed E-state index contributed by atoms with van der Waals surface area (Å²) < 4.78 is 10.5. The highest BCUT2D eigenvalue weighted by atomic mass is 35.5. The maximum Gasteiger partial charge on any atom is 0.212 e. The molecule has 1 aromatic heterocycles. The first-order valence-corrected chi connectivity index (χ1v) is 4.40. The summed E-state index contributed by atoms with van der Waals surface area (Å²) in [5, 5.41) is 1.07. The Balaban J connectivity index is 0.000000845. The maximum absolute atomic E-state index is 10.5. The third kappa shape index (κ3) is 2.03. The van der Waals surface area contributed by atoms with Crippen molar-refractivity contribution in [3.05, 3.63) is 36.4 Å². The second-order valence-corrected chi connectivity index (χ2v) is 3.09. The van der Waals surface area contributed by atoms with Crippen molar-refractivity contribution in [1.82, 2.24) is 4.98 Å². The second kappa shape index (κ2) is 4.31. The molecule has 0 unspecified atom stereocenters. The Morgan fingerprint density at radius 3 is 2.62 bits per heavy atom. The number of rotatable bonds is 1. The van der Waals surface area contributed by atoms with Gasteiger partial charge in [-0.15, -0.1) is 12.4 Å². The summed E-state index contributed by atoms with van der Waals surface area (Å²) >= 11 is 0. The number of benzene rings is 1. The zero-order valence-corrected chi connectivity index (χ0v) is 8.39. The van der Waals surface area contributed by atoms with Gasteiger partial charge in [-0.25, -0.2) is 4.98 Å². The summed E-state index contributed by atoms with van der Waals surface area (Å²) in [5.41, 5.74) is 1.46. The second-order valence-electron chi connectivity index (χ2n) is 2.45. The summed E-state index contributed by atoms with van der Waals surface area (Å²) in [6.45, 7) is 0. The van der Waals surface area contributed by atoms with Gasteiger partial charge in [0.1, 0.15) is 5.44 Å². The van der Waals surface area contributed by atoms with E-state index in [9.17, 15) is 4.57 Å². The molecule has 0 radical (unpaired) electrons. The molecule has 0 N–H and O–H groups in total. The van der Waals surface area contributed by atoms with Gasteiger partial charge in [0.25, 0.3) is 0 Å². The lowest BCUT2D eigenvalue weighted by Gasteiger charge is -1.94. The third-order valence-corrected chi connectivity index (χ3v) is 2.11. The lowest BCUT2D eigenvalue weighted by molar-refractivity contribution is 0.602. The molecule has 1 heterocycles. The molecule has 0 fully saturated rings. The van der Waals surface area contributed by atoms with Crippen molar-refractivity contribution in [2.45, 2.75) is 0 Å². The van der Waals surface area contributed by atoms with Crippen molar-refractivity contribution < 1.29 is 4.57 Å². The first-order valence-electron chi connectivity index (χ1n) is 3.59. The van der Waals surface area contributed by atoms with Crippen LogP contribution in [0.1, 0.15) is 0 Å². The van der Waals surface area contributed by atoms with Crippen LogP contribution in [0.15, 0.2) is 36.4 Å². The Hall–Kier alpha value is -0.980. The lowest BCUT2D eigenvalue weighted by Crippen LogP contribution is -1.96. The van der Waals surface area contributed by atoms with E-state index in [-0.39, 0.29) is 20.9 Å². The zero-order valence-electron chi connectivity index (χ0n) is 6.68. The highest BCUT2D eigenvalue weighted by Gasteiger charge is 1.95. The molecule has 1 aromatic carbocycles.